The van der Waals surface area contributed by atoms with Gasteiger partial charge < -0.3 is 0 Å². The molecule has 0 fully saturated rings. The van der Waals surface area contributed by atoms with E-state index in [1.54, 1.807) is 24.4 Å². The Morgan fingerprint density at radius 2 is 1.95 bits per heavy atom. The largest absolute Gasteiger partial charge is 0.284 e. The second-order valence-corrected chi connectivity index (χ2v) is 7.31. The first-order valence-corrected chi connectivity index (χ1v) is 9.23. The van der Waals surface area contributed by atoms with Crippen molar-refractivity contribution in [1.29, 1.82) is 0 Å². The van der Waals surface area contributed by atoms with Crippen LogP contribution in [0.25, 0.3) is 22.0 Å². The molecule has 0 aliphatic carbocycles. The van der Waals surface area contributed by atoms with Gasteiger partial charge in [0.15, 0.2) is 0 Å². The van der Waals surface area contributed by atoms with Gasteiger partial charge in [0.2, 0.25) is 10.0 Å². The number of aromatic nitrogens is 2. The first-order chi connectivity index (χ1) is 10.5. The van der Waals surface area contributed by atoms with E-state index in [4.69, 9.17) is 0 Å². The molecule has 112 valence electrons. The number of nitrogens with zero attached hydrogens (tertiary/aromatic N) is 2. The summed E-state index contributed by atoms with van der Waals surface area (Å²) in [4.78, 5) is 8.85. The lowest BCUT2D eigenvalue weighted by Gasteiger charge is -2.05. The number of benzene rings is 1. The van der Waals surface area contributed by atoms with Crippen molar-refractivity contribution in [3.8, 4) is 22.0 Å². The van der Waals surface area contributed by atoms with Crippen molar-refractivity contribution in [1.82, 2.24) is 9.97 Å². The molecule has 0 spiro atoms. The van der Waals surface area contributed by atoms with E-state index in [0.29, 0.717) is 5.69 Å². The Morgan fingerprint density at radius 1 is 1.09 bits per heavy atom. The Bertz CT molecular complexity index is 890. The zero-order chi connectivity index (χ0) is 15.6. The Balaban J connectivity index is 1.92. The van der Waals surface area contributed by atoms with E-state index in [0.717, 1.165) is 28.2 Å². The Kier molecular flexibility index (Phi) is 3.91. The third-order valence-corrected chi connectivity index (χ3v) is 4.32. The summed E-state index contributed by atoms with van der Waals surface area (Å²) in [6, 6.07) is 12.8. The van der Waals surface area contributed by atoms with Gasteiger partial charge in [0.25, 0.3) is 0 Å². The van der Waals surface area contributed by atoms with Crippen LogP contribution in [0.15, 0.2) is 54.0 Å². The van der Waals surface area contributed by atoms with Crippen molar-refractivity contribution in [3.63, 3.8) is 0 Å². The van der Waals surface area contributed by atoms with E-state index in [-0.39, 0.29) is 0 Å². The summed E-state index contributed by atoms with van der Waals surface area (Å²) in [5.41, 5.74) is 2.99. The number of anilines is 1. The third kappa shape index (κ3) is 3.49. The van der Waals surface area contributed by atoms with E-state index in [1.165, 1.54) is 11.3 Å². The highest BCUT2D eigenvalue weighted by Gasteiger charge is 2.09. The molecule has 0 atom stereocenters. The maximum atomic E-state index is 11.3. The van der Waals surface area contributed by atoms with Gasteiger partial charge >= 0.3 is 0 Å². The molecule has 3 rings (SSSR count). The van der Waals surface area contributed by atoms with Crippen LogP contribution in [0.5, 0.6) is 0 Å². The molecule has 0 aliphatic heterocycles. The number of sulfonamides is 1. The standard InChI is InChI=1S/C15H13N3O2S2/c1-22(19,20)18-12-6-4-5-11(9-12)14-10-21-15(17-14)13-7-2-3-8-16-13/h2-10,18H,1H3. The molecule has 0 radical (unpaired) electrons. The van der Waals surface area contributed by atoms with Crippen LogP contribution in [0, 0.1) is 0 Å². The van der Waals surface area contributed by atoms with E-state index in [9.17, 15) is 8.42 Å². The van der Waals surface area contributed by atoms with Gasteiger partial charge in [-0.05, 0) is 24.3 Å². The van der Waals surface area contributed by atoms with Crippen molar-refractivity contribution < 1.29 is 8.42 Å². The fraction of sp³-hybridized carbons (Fsp3) is 0.0667. The second-order valence-electron chi connectivity index (χ2n) is 4.71. The molecule has 0 amide bonds. The molecule has 22 heavy (non-hydrogen) atoms. The quantitative estimate of drug-likeness (QED) is 0.796. The minimum Gasteiger partial charge on any atom is -0.284 e. The summed E-state index contributed by atoms with van der Waals surface area (Å²) in [7, 11) is -3.29. The van der Waals surface area contributed by atoms with Crippen LogP contribution in [-0.4, -0.2) is 24.6 Å². The molecule has 1 N–H and O–H groups in total. The van der Waals surface area contributed by atoms with Gasteiger partial charge in [-0.2, -0.15) is 0 Å². The van der Waals surface area contributed by atoms with E-state index >= 15 is 0 Å². The van der Waals surface area contributed by atoms with Crippen LogP contribution >= 0.6 is 11.3 Å². The van der Waals surface area contributed by atoms with Crippen LogP contribution in [0.1, 0.15) is 0 Å². The van der Waals surface area contributed by atoms with Crippen LogP contribution < -0.4 is 4.72 Å². The molecule has 0 saturated heterocycles. The zero-order valence-corrected chi connectivity index (χ0v) is 13.4. The van der Waals surface area contributed by atoms with Gasteiger partial charge in [0.05, 0.1) is 17.6 Å². The predicted molar refractivity (Wildman–Crippen MR) is 89.2 cm³/mol. The predicted octanol–water partition coefficient (Wildman–Crippen LogP) is 3.24. The number of hydrogen-bond donors (Lipinski definition) is 1. The average molecular weight is 331 g/mol. The van der Waals surface area contributed by atoms with E-state index in [1.807, 2.05) is 29.6 Å². The maximum Gasteiger partial charge on any atom is 0.229 e. The molecular weight excluding hydrogens is 318 g/mol. The molecule has 2 heterocycles. The average Bonchev–Trinajstić information content (AvgIpc) is 2.96. The summed E-state index contributed by atoms with van der Waals surface area (Å²) in [5.74, 6) is 0. The molecule has 0 saturated carbocycles. The van der Waals surface area contributed by atoms with Gasteiger partial charge in [-0.3, -0.25) is 9.71 Å². The molecule has 0 unspecified atom stereocenters. The highest BCUT2D eigenvalue weighted by atomic mass is 32.2. The van der Waals surface area contributed by atoms with Gasteiger partial charge in [0.1, 0.15) is 5.01 Å². The number of hydrogen-bond acceptors (Lipinski definition) is 5. The highest BCUT2D eigenvalue weighted by Crippen LogP contribution is 2.29. The van der Waals surface area contributed by atoms with Gasteiger partial charge in [-0.25, -0.2) is 13.4 Å². The van der Waals surface area contributed by atoms with Crippen LogP contribution in [0.2, 0.25) is 0 Å². The Hall–Kier alpha value is -2.25. The van der Waals surface area contributed by atoms with E-state index in [2.05, 4.69) is 14.7 Å². The second kappa shape index (κ2) is 5.86. The number of thiazole rings is 1. The van der Waals surface area contributed by atoms with Crippen molar-refractivity contribution in [2.24, 2.45) is 0 Å². The first kappa shape index (κ1) is 14.7. The van der Waals surface area contributed by atoms with Gasteiger partial charge in [-0.15, -0.1) is 11.3 Å². The molecule has 0 aliphatic rings. The van der Waals surface area contributed by atoms with Crippen molar-refractivity contribution in [3.05, 3.63) is 54.0 Å². The molecule has 1 aromatic carbocycles. The molecular formula is C15H13N3O2S2. The fourth-order valence-corrected chi connectivity index (χ4v) is 3.33. The summed E-state index contributed by atoms with van der Waals surface area (Å²) < 4.78 is 25.1. The summed E-state index contributed by atoms with van der Waals surface area (Å²) in [6.45, 7) is 0. The normalized spacial score (nSPS) is 11.3. The lowest BCUT2D eigenvalue weighted by atomic mass is 10.1. The van der Waals surface area contributed by atoms with E-state index < -0.39 is 10.0 Å². The number of rotatable bonds is 4. The fourth-order valence-electron chi connectivity index (χ4n) is 1.97. The third-order valence-electron chi connectivity index (χ3n) is 2.85. The number of pyridine rings is 1. The lowest BCUT2D eigenvalue weighted by molar-refractivity contribution is 0.607. The van der Waals surface area contributed by atoms with Gasteiger partial charge in [0, 0.05) is 22.8 Å². The summed E-state index contributed by atoms with van der Waals surface area (Å²) in [6.07, 6.45) is 2.86. The van der Waals surface area contributed by atoms with Crippen LogP contribution in [-0.2, 0) is 10.0 Å². The molecule has 0 bridgehead atoms. The minimum absolute atomic E-state index is 0.521. The first-order valence-electron chi connectivity index (χ1n) is 6.46. The van der Waals surface area contributed by atoms with Crippen LogP contribution in [0.3, 0.4) is 0 Å². The van der Waals surface area contributed by atoms with Crippen molar-refractivity contribution in [2.45, 2.75) is 0 Å². The maximum absolute atomic E-state index is 11.3. The molecule has 7 heteroatoms. The SMILES string of the molecule is CS(=O)(=O)Nc1cccc(-c2csc(-c3ccccn3)n2)c1. The Morgan fingerprint density at radius 3 is 2.68 bits per heavy atom. The molecule has 3 aromatic rings. The van der Waals surface area contributed by atoms with Crippen LogP contribution in [0.4, 0.5) is 5.69 Å². The Labute approximate surface area is 132 Å². The monoisotopic (exact) mass is 331 g/mol. The minimum atomic E-state index is -3.29. The lowest BCUT2D eigenvalue weighted by Crippen LogP contribution is -2.09. The molecule has 2 aromatic heterocycles. The van der Waals surface area contributed by atoms with Gasteiger partial charge in [-0.1, -0.05) is 18.2 Å². The topological polar surface area (TPSA) is 72.0 Å². The summed E-state index contributed by atoms with van der Waals surface area (Å²) >= 11 is 1.50. The number of nitrogens with one attached hydrogen (secondary N) is 1. The van der Waals surface area contributed by atoms with Crippen molar-refractivity contribution >= 4 is 27.0 Å². The molecule has 5 nitrogen and oxygen atoms in total. The van der Waals surface area contributed by atoms with Crippen molar-refractivity contribution in [2.75, 3.05) is 11.0 Å². The summed E-state index contributed by atoms with van der Waals surface area (Å²) in [5, 5.41) is 2.76. The zero-order valence-electron chi connectivity index (χ0n) is 11.7. The smallest absolute Gasteiger partial charge is 0.229 e. The highest BCUT2D eigenvalue weighted by molar-refractivity contribution is 7.92.